The van der Waals surface area contributed by atoms with Gasteiger partial charge in [0.2, 0.25) is 4.77 Å². The third kappa shape index (κ3) is 3.66. The highest BCUT2D eigenvalue weighted by atomic mass is 35.5. The molecule has 4 nitrogen and oxygen atoms in total. The van der Waals surface area contributed by atoms with Crippen molar-refractivity contribution in [3.05, 3.63) is 66.8 Å². The number of nitrogens with zero attached hydrogens (tertiary/aromatic N) is 3. The van der Waals surface area contributed by atoms with Crippen molar-refractivity contribution in [1.29, 1.82) is 0 Å². The van der Waals surface area contributed by atoms with Crippen molar-refractivity contribution < 1.29 is 0 Å². The fraction of sp³-hybridized carbons (Fsp3) is 0. The highest BCUT2D eigenvalue weighted by Crippen LogP contribution is 2.29. The second-order valence-corrected chi connectivity index (χ2v) is 6.75. The van der Waals surface area contributed by atoms with Crippen LogP contribution in [0.15, 0.2) is 41.5 Å². The lowest BCUT2D eigenvalue weighted by Crippen LogP contribution is -1.95. The summed E-state index contributed by atoms with van der Waals surface area (Å²) >= 11 is 29.3. The molecule has 1 heterocycles. The summed E-state index contributed by atoms with van der Waals surface area (Å²) in [6.45, 7) is 0. The van der Waals surface area contributed by atoms with Crippen LogP contribution < -0.4 is 0 Å². The number of nitrogens with one attached hydrogen (secondary N) is 1. The second kappa shape index (κ2) is 7.25. The van der Waals surface area contributed by atoms with Crippen molar-refractivity contribution in [2.45, 2.75) is 0 Å². The molecule has 0 aliphatic heterocycles. The number of aromatic amines is 1. The number of halogens is 4. The van der Waals surface area contributed by atoms with Gasteiger partial charge < -0.3 is 0 Å². The molecule has 0 saturated carbocycles. The predicted octanol–water partition coefficient (Wildman–Crippen LogP) is 6.10. The summed E-state index contributed by atoms with van der Waals surface area (Å²) in [6, 6.07) is 10.3. The molecule has 0 saturated heterocycles. The van der Waals surface area contributed by atoms with Gasteiger partial charge in [-0.2, -0.15) is 14.9 Å². The van der Waals surface area contributed by atoms with E-state index in [1.54, 1.807) is 42.6 Å². The summed E-state index contributed by atoms with van der Waals surface area (Å²) in [6.07, 6.45) is 1.60. The van der Waals surface area contributed by atoms with Crippen LogP contribution in [-0.2, 0) is 0 Å². The van der Waals surface area contributed by atoms with Crippen molar-refractivity contribution in [2.75, 3.05) is 0 Å². The molecule has 24 heavy (non-hydrogen) atoms. The van der Waals surface area contributed by atoms with Crippen LogP contribution in [0.3, 0.4) is 0 Å². The highest BCUT2D eigenvalue weighted by Gasteiger charge is 2.12. The summed E-state index contributed by atoms with van der Waals surface area (Å²) in [5.41, 5.74) is 1.42. The van der Waals surface area contributed by atoms with E-state index in [0.717, 1.165) is 5.56 Å². The van der Waals surface area contributed by atoms with Crippen LogP contribution in [0.25, 0.3) is 11.4 Å². The number of aromatic nitrogens is 3. The Bertz CT molecular complexity index is 993. The first-order valence-electron chi connectivity index (χ1n) is 6.58. The van der Waals surface area contributed by atoms with Gasteiger partial charge in [-0.3, -0.25) is 0 Å². The topological polar surface area (TPSA) is 46.0 Å². The fourth-order valence-electron chi connectivity index (χ4n) is 1.96. The average Bonchev–Trinajstić information content (AvgIpc) is 2.89. The Hall–Kier alpha value is -1.37. The smallest absolute Gasteiger partial charge is 0.216 e. The third-order valence-corrected chi connectivity index (χ3v) is 4.64. The molecule has 0 aliphatic rings. The first-order valence-corrected chi connectivity index (χ1v) is 8.50. The first-order chi connectivity index (χ1) is 11.5. The molecule has 0 bridgehead atoms. The zero-order valence-corrected chi connectivity index (χ0v) is 15.6. The van der Waals surface area contributed by atoms with E-state index in [0.29, 0.717) is 36.2 Å². The molecule has 0 unspecified atom stereocenters. The van der Waals surface area contributed by atoms with Crippen LogP contribution in [0, 0.1) is 4.77 Å². The quantitative estimate of drug-likeness (QED) is 0.413. The average molecular weight is 418 g/mol. The van der Waals surface area contributed by atoms with E-state index < -0.39 is 0 Å². The standard InChI is InChI=1S/C15H8Cl4N4S/c16-9-2-3-10(12(18)6-9)14-21-22-15(24)23(14)20-7-8-1-4-11(17)13(19)5-8/h1-7H,(H,22,24). The number of hydrogen-bond acceptors (Lipinski definition) is 3. The van der Waals surface area contributed by atoms with Gasteiger partial charge in [-0.1, -0.05) is 52.5 Å². The zero-order valence-electron chi connectivity index (χ0n) is 11.8. The molecule has 122 valence electrons. The zero-order chi connectivity index (χ0) is 17.3. The Kier molecular flexibility index (Phi) is 5.27. The number of hydrogen-bond donors (Lipinski definition) is 1. The monoisotopic (exact) mass is 416 g/mol. The summed E-state index contributed by atoms with van der Waals surface area (Å²) in [7, 11) is 0. The van der Waals surface area contributed by atoms with E-state index in [1.807, 2.05) is 0 Å². The SMILES string of the molecule is S=c1[nH]nc(-c2ccc(Cl)cc2Cl)n1N=Cc1ccc(Cl)c(Cl)c1. The van der Waals surface area contributed by atoms with Crippen LogP contribution in [-0.4, -0.2) is 21.1 Å². The van der Waals surface area contributed by atoms with Gasteiger partial charge in [0, 0.05) is 10.6 Å². The molecule has 9 heteroatoms. The van der Waals surface area contributed by atoms with Crippen LogP contribution in [0.5, 0.6) is 0 Å². The van der Waals surface area contributed by atoms with E-state index in [1.165, 1.54) is 4.68 Å². The molecule has 0 aliphatic carbocycles. The Morgan fingerprint density at radius 2 is 1.79 bits per heavy atom. The Balaban J connectivity index is 2.03. The third-order valence-electron chi connectivity index (χ3n) is 3.09. The van der Waals surface area contributed by atoms with Gasteiger partial charge in [0.15, 0.2) is 5.82 Å². The molecule has 1 N–H and O–H groups in total. The van der Waals surface area contributed by atoms with Crippen LogP contribution in [0.2, 0.25) is 20.1 Å². The maximum absolute atomic E-state index is 6.23. The molecule has 3 aromatic rings. The molecule has 3 rings (SSSR count). The van der Waals surface area contributed by atoms with Gasteiger partial charge in [0.1, 0.15) is 0 Å². The van der Waals surface area contributed by atoms with Crippen molar-refractivity contribution in [3.8, 4) is 11.4 Å². The number of rotatable bonds is 3. The van der Waals surface area contributed by atoms with Crippen molar-refractivity contribution in [2.24, 2.45) is 5.10 Å². The highest BCUT2D eigenvalue weighted by molar-refractivity contribution is 7.71. The fourth-order valence-corrected chi connectivity index (χ4v) is 2.94. The van der Waals surface area contributed by atoms with Crippen LogP contribution >= 0.6 is 58.6 Å². The molecular weight excluding hydrogens is 410 g/mol. The molecular formula is C15H8Cl4N4S. The Labute approximate surface area is 162 Å². The van der Waals surface area contributed by atoms with Gasteiger partial charge >= 0.3 is 0 Å². The maximum atomic E-state index is 6.23. The number of benzene rings is 2. The molecule has 0 amide bonds. The van der Waals surface area contributed by atoms with Crippen molar-refractivity contribution >= 4 is 64.8 Å². The predicted molar refractivity (Wildman–Crippen MR) is 102 cm³/mol. The summed E-state index contributed by atoms with van der Waals surface area (Å²) < 4.78 is 1.79. The second-order valence-electron chi connectivity index (χ2n) is 4.71. The molecule has 0 radical (unpaired) electrons. The van der Waals surface area contributed by atoms with Gasteiger partial charge in [-0.05, 0) is 48.1 Å². The Morgan fingerprint density at radius 3 is 2.50 bits per heavy atom. The minimum absolute atomic E-state index is 0.326. The van der Waals surface area contributed by atoms with E-state index >= 15 is 0 Å². The van der Waals surface area contributed by atoms with E-state index in [4.69, 9.17) is 58.6 Å². The summed E-state index contributed by atoms with van der Waals surface area (Å²) in [5.74, 6) is 0.470. The van der Waals surface area contributed by atoms with E-state index in [2.05, 4.69) is 15.3 Å². The van der Waals surface area contributed by atoms with Crippen molar-refractivity contribution in [1.82, 2.24) is 14.9 Å². The largest absolute Gasteiger partial charge is 0.250 e. The van der Waals surface area contributed by atoms with E-state index in [9.17, 15) is 0 Å². The van der Waals surface area contributed by atoms with Gasteiger partial charge in [-0.25, -0.2) is 5.10 Å². The van der Waals surface area contributed by atoms with E-state index in [-0.39, 0.29) is 0 Å². The molecule has 0 atom stereocenters. The number of H-pyrrole nitrogens is 1. The van der Waals surface area contributed by atoms with Crippen molar-refractivity contribution in [3.63, 3.8) is 0 Å². The van der Waals surface area contributed by atoms with Gasteiger partial charge in [0.25, 0.3) is 0 Å². The van der Waals surface area contributed by atoms with Gasteiger partial charge in [0.05, 0.1) is 21.3 Å². The summed E-state index contributed by atoms with van der Waals surface area (Å²) in [4.78, 5) is 0. The molecule has 1 aromatic heterocycles. The maximum Gasteiger partial charge on any atom is 0.216 e. The minimum atomic E-state index is 0.326. The van der Waals surface area contributed by atoms with Crippen LogP contribution in [0.4, 0.5) is 0 Å². The normalized spacial score (nSPS) is 11.3. The lowest BCUT2D eigenvalue weighted by molar-refractivity contribution is 0.871. The molecule has 0 spiro atoms. The minimum Gasteiger partial charge on any atom is -0.250 e. The van der Waals surface area contributed by atoms with Crippen LogP contribution in [0.1, 0.15) is 5.56 Å². The van der Waals surface area contributed by atoms with Gasteiger partial charge in [-0.15, -0.1) is 0 Å². The molecule has 2 aromatic carbocycles. The first kappa shape index (κ1) is 17.5. The Morgan fingerprint density at radius 1 is 1.00 bits per heavy atom. The molecule has 0 fully saturated rings. The lowest BCUT2D eigenvalue weighted by Gasteiger charge is -2.04. The summed E-state index contributed by atoms with van der Waals surface area (Å²) in [5, 5.41) is 13.1. The lowest BCUT2D eigenvalue weighted by atomic mass is 10.2.